The predicted molar refractivity (Wildman–Crippen MR) is 77.2 cm³/mol. The maximum Gasteiger partial charge on any atom is 0.128 e. The van der Waals surface area contributed by atoms with E-state index >= 15 is 0 Å². The first-order valence-corrected chi connectivity index (χ1v) is 7.18. The van der Waals surface area contributed by atoms with Gasteiger partial charge in [-0.1, -0.05) is 31.5 Å². The summed E-state index contributed by atoms with van der Waals surface area (Å²) in [6.07, 6.45) is 2.52. The molecule has 0 saturated heterocycles. The van der Waals surface area contributed by atoms with Crippen molar-refractivity contribution in [3.8, 4) is 0 Å². The van der Waals surface area contributed by atoms with Gasteiger partial charge in [0.15, 0.2) is 0 Å². The molecule has 0 amide bonds. The highest BCUT2D eigenvalue weighted by atomic mass is 32.2. The van der Waals surface area contributed by atoms with Crippen LogP contribution in [0.15, 0.2) is 30.3 Å². The van der Waals surface area contributed by atoms with Crippen LogP contribution in [0, 0.1) is 0 Å². The molecular weight excluding hydrogens is 228 g/mol. The van der Waals surface area contributed by atoms with Crippen LogP contribution >= 0.6 is 11.8 Å². The van der Waals surface area contributed by atoms with Gasteiger partial charge in [-0.25, -0.2) is 4.98 Å². The van der Waals surface area contributed by atoms with Gasteiger partial charge in [0.2, 0.25) is 0 Å². The molecule has 0 radical (unpaired) electrons. The Hall–Kier alpha value is -1.22. The van der Waals surface area contributed by atoms with Gasteiger partial charge in [0.1, 0.15) is 5.82 Å². The SMILES string of the molecule is CCCCSCc1cc2ccccc2nc1N. The van der Waals surface area contributed by atoms with Gasteiger partial charge in [-0.3, -0.25) is 0 Å². The molecule has 2 aromatic rings. The van der Waals surface area contributed by atoms with Gasteiger partial charge in [0, 0.05) is 16.7 Å². The molecule has 0 atom stereocenters. The van der Waals surface area contributed by atoms with Gasteiger partial charge in [-0.15, -0.1) is 0 Å². The van der Waals surface area contributed by atoms with E-state index in [0.717, 1.165) is 16.8 Å². The van der Waals surface area contributed by atoms with Crippen molar-refractivity contribution in [1.29, 1.82) is 0 Å². The summed E-state index contributed by atoms with van der Waals surface area (Å²) in [5.41, 5.74) is 8.11. The van der Waals surface area contributed by atoms with Gasteiger partial charge in [0.25, 0.3) is 0 Å². The van der Waals surface area contributed by atoms with E-state index in [4.69, 9.17) is 5.73 Å². The fourth-order valence-corrected chi connectivity index (χ4v) is 2.81. The number of anilines is 1. The molecule has 0 spiro atoms. The number of nitrogens with zero attached hydrogens (tertiary/aromatic N) is 1. The third-order valence-electron chi connectivity index (χ3n) is 2.74. The Labute approximate surface area is 107 Å². The topological polar surface area (TPSA) is 38.9 Å². The Kier molecular flexibility index (Phi) is 4.26. The zero-order valence-corrected chi connectivity index (χ0v) is 11.0. The minimum Gasteiger partial charge on any atom is -0.383 e. The molecule has 2 nitrogen and oxygen atoms in total. The predicted octanol–water partition coefficient (Wildman–Crippen LogP) is 3.85. The Balaban J connectivity index is 2.14. The van der Waals surface area contributed by atoms with Crippen LogP contribution in [-0.4, -0.2) is 10.7 Å². The van der Waals surface area contributed by atoms with Crippen molar-refractivity contribution in [3.63, 3.8) is 0 Å². The molecule has 2 N–H and O–H groups in total. The van der Waals surface area contributed by atoms with Crippen LogP contribution in [0.25, 0.3) is 10.9 Å². The average molecular weight is 246 g/mol. The van der Waals surface area contributed by atoms with E-state index < -0.39 is 0 Å². The van der Waals surface area contributed by atoms with E-state index in [0.29, 0.717) is 5.82 Å². The van der Waals surface area contributed by atoms with Crippen molar-refractivity contribution >= 4 is 28.5 Å². The Morgan fingerprint density at radius 3 is 2.94 bits per heavy atom. The summed E-state index contributed by atoms with van der Waals surface area (Å²) in [5.74, 6) is 2.83. The Morgan fingerprint density at radius 1 is 1.29 bits per heavy atom. The van der Waals surface area contributed by atoms with Crippen LogP contribution < -0.4 is 5.73 Å². The number of hydrogen-bond donors (Lipinski definition) is 1. The van der Waals surface area contributed by atoms with E-state index in [9.17, 15) is 0 Å². The Bertz CT molecular complexity index is 497. The second-order valence-electron chi connectivity index (χ2n) is 4.13. The smallest absolute Gasteiger partial charge is 0.128 e. The maximum atomic E-state index is 5.98. The van der Waals surface area contributed by atoms with E-state index in [2.05, 4.69) is 24.0 Å². The molecule has 0 aliphatic heterocycles. The second kappa shape index (κ2) is 5.92. The van der Waals surface area contributed by atoms with Crippen LogP contribution in [0.5, 0.6) is 0 Å². The number of benzene rings is 1. The van der Waals surface area contributed by atoms with Crippen molar-refractivity contribution in [3.05, 3.63) is 35.9 Å². The maximum absolute atomic E-state index is 5.98. The molecule has 0 fully saturated rings. The molecule has 0 unspecified atom stereocenters. The lowest BCUT2D eigenvalue weighted by Gasteiger charge is -2.06. The number of fused-ring (bicyclic) bond motifs is 1. The van der Waals surface area contributed by atoms with E-state index in [1.54, 1.807) is 0 Å². The summed E-state index contributed by atoms with van der Waals surface area (Å²) in [6, 6.07) is 10.3. The third-order valence-corrected chi connectivity index (χ3v) is 3.83. The standard InChI is InChI=1S/C14H18N2S/c1-2-3-8-17-10-12-9-11-6-4-5-7-13(11)16-14(12)15/h4-7,9H,2-3,8,10H2,1H3,(H2,15,16). The van der Waals surface area contributed by atoms with Gasteiger partial charge in [-0.05, 0) is 24.3 Å². The molecule has 0 aliphatic rings. The first-order chi connectivity index (χ1) is 8.31. The molecule has 90 valence electrons. The van der Waals surface area contributed by atoms with E-state index in [1.165, 1.54) is 24.0 Å². The van der Waals surface area contributed by atoms with Crippen LogP contribution in [0.2, 0.25) is 0 Å². The van der Waals surface area contributed by atoms with Crippen molar-refractivity contribution in [1.82, 2.24) is 4.98 Å². The molecule has 1 aromatic heterocycles. The van der Waals surface area contributed by atoms with E-state index in [1.807, 2.05) is 30.0 Å². The summed E-state index contributed by atoms with van der Waals surface area (Å²) < 4.78 is 0. The van der Waals surface area contributed by atoms with Gasteiger partial charge in [0.05, 0.1) is 5.52 Å². The van der Waals surface area contributed by atoms with Crippen molar-refractivity contribution in [2.45, 2.75) is 25.5 Å². The van der Waals surface area contributed by atoms with Crippen LogP contribution in [-0.2, 0) is 5.75 Å². The summed E-state index contributed by atoms with van der Waals surface area (Å²) in [5, 5.41) is 1.17. The highest BCUT2D eigenvalue weighted by molar-refractivity contribution is 7.98. The third kappa shape index (κ3) is 3.13. The normalized spacial score (nSPS) is 10.9. The summed E-state index contributed by atoms with van der Waals surface area (Å²) in [6.45, 7) is 2.21. The minimum absolute atomic E-state index is 0.674. The quantitative estimate of drug-likeness (QED) is 0.814. The summed E-state index contributed by atoms with van der Waals surface area (Å²) >= 11 is 1.93. The summed E-state index contributed by atoms with van der Waals surface area (Å²) in [7, 11) is 0. The first-order valence-electron chi connectivity index (χ1n) is 6.03. The number of unbranched alkanes of at least 4 members (excludes halogenated alkanes) is 1. The number of thioether (sulfide) groups is 1. The van der Waals surface area contributed by atoms with Gasteiger partial charge < -0.3 is 5.73 Å². The highest BCUT2D eigenvalue weighted by Crippen LogP contribution is 2.22. The van der Waals surface area contributed by atoms with Crippen molar-refractivity contribution < 1.29 is 0 Å². The fourth-order valence-electron chi connectivity index (χ4n) is 1.72. The number of aromatic nitrogens is 1. The highest BCUT2D eigenvalue weighted by Gasteiger charge is 2.03. The number of para-hydroxylation sites is 1. The fraction of sp³-hybridized carbons (Fsp3) is 0.357. The van der Waals surface area contributed by atoms with Crippen LogP contribution in [0.4, 0.5) is 5.82 Å². The van der Waals surface area contributed by atoms with Crippen molar-refractivity contribution in [2.24, 2.45) is 0 Å². The van der Waals surface area contributed by atoms with Gasteiger partial charge in [-0.2, -0.15) is 11.8 Å². The minimum atomic E-state index is 0.674. The lowest BCUT2D eigenvalue weighted by molar-refractivity contribution is 0.896. The number of nitrogen functional groups attached to an aromatic ring is 1. The molecule has 0 aliphatic carbocycles. The number of rotatable bonds is 5. The lowest BCUT2D eigenvalue weighted by Crippen LogP contribution is -1.97. The second-order valence-corrected chi connectivity index (χ2v) is 5.24. The van der Waals surface area contributed by atoms with Crippen LogP contribution in [0.3, 0.4) is 0 Å². The van der Waals surface area contributed by atoms with E-state index in [-0.39, 0.29) is 0 Å². The molecule has 3 heteroatoms. The molecule has 0 saturated carbocycles. The summed E-state index contributed by atoms with van der Waals surface area (Å²) in [4.78, 5) is 4.44. The number of hydrogen-bond acceptors (Lipinski definition) is 3. The zero-order chi connectivity index (χ0) is 12.1. The largest absolute Gasteiger partial charge is 0.383 e. The molecule has 2 rings (SSSR count). The molecule has 1 aromatic carbocycles. The molecular formula is C14H18N2S. The lowest BCUT2D eigenvalue weighted by atomic mass is 10.1. The zero-order valence-electron chi connectivity index (χ0n) is 10.1. The number of pyridine rings is 1. The number of nitrogens with two attached hydrogens (primary N) is 1. The average Bonchev–Trinajstić information content (AvgIpc) is 2.35. The van der Waals surface area contributed by atoms with Gasteiger partial charge >= 0.3 is 0 Å². The molecule has 17 heavy (non-hydrogen) atoms. The Morgan fingerprint density at radius 2 is 2.12 bits per heavy atom. The van der Waals surface area contributed by atoms with Crippen LogP contribution in [0.1, 0.15) is 25.3 Å². The monoisotopic (exact) mass is 246 g/mol. The molecule has 1 heterocycles. The van der Waals surface area contributed by atoms with Crippen molar-refractivity contribution in [2.75, 3.05) is 11.5 Å². The first kappa shape index (κ1) is 12.2. The molecule has 0 bridgehead atoms.